The lowest BCUT2D eigenvalue weighted by atomic mass is 9.86. The molecular formula is C51H41N3. The number of hydrogen-bond acceptors (Lipinski definition) is 3. The molecule has 0 spiro atoms. The van der Waals surface area contributed by atoms with Crippen LogP contribution in [0.4, 0.5) is 0 Å². The highest BCUT2D eigenvalue weighted by Crippen LogP contribution is 2.43. The third-order valence-corrected chi connectivity index (χ3v) is 9.62. The second-order valence-corrected chi connectivity index (χ2v) is 12.9. The van der Waals surface area contributed by atoms with Gasteiger partial charge in [0.15, 0.2) is 0 Å². The second kappa shape index (κ2) is 16.6. The Labute approximate surface area is 317 Å². The molecule has 0 radical (unpaired) electrons. The van der Waals surface area contributed by atoms with Crippen molar-refractivity contribution < 1.29 is 0 Å². The van der Waals surface area contributed by atoms with Crippen LogP contribution in [0.3, 0.4) is 0 Å². The maximum absolute atomic E-state index is 4.33. The van der Waals surface area contributed by atoms with E-state index >= 15 is 0 Å². The summed E-state index contributed by atoms with van der Waals surface area (Å²) in [6, 6.07) is 45.7. The molecule has 3 nitrogen and oxygen atoms in total. The number of pyridine rings is 3. The van der Waals surface area contributed by atoms with Gasteiger partial charge in [0.1, 0.15) is 0 Å². The molecule has 260 valence electrons. The number of allylic oxidation sites excluding steroid dienone is 5. The van der Waals surface area contributed by atoms with Crippen molar-refractivity contribution in [2.45, 2.75) is 13.3 Å². The van der Waals surface area contributed by atoms with Gasteiger partial charge >= 0.3 is 0 Å². The summed E-state index contributed by atoms with van der Waals surface area (Å²) >= 11 is 0. The molecular weight excluding hydrogens is 655 g/mol. The van der Waals surface area contributed by atoms with Crippen molar-refractivity contribution in [1.82, 2.24) is 15.0 Å². The highest BCUT2D eigenvalue weighted by Gasteiger charge is 2.16. The fourth-order valence-electron chi connectivity index (χ4n) is 6.89. The third kappa shape index (κ3) is 7.48. The van der Waals surface area contributed by atoms with Crippen molar-refractivity contribution in [2.75, 3.05) is 0 Å². The van der Waals surface area contributed by atoms with Crippen LogP contribution >= 0.6 is 0 Å². The molecule has 0 unspecified atom stereocenters. The van der Waals surface area contributed by atoms with Gasteiger partial charge in [-0.2, -0.15) is 0 Å². The van der Waals surface area contributed by atoms with Crippen LogP contribution in [0.15, 0.2) is 208 Å². The van der Waals surface area contributed by atoms with Crippen molar-refractivity contribution in [1.29, 1.82) is 0 Å². The van der Waals surface area contributed by atoms with Crippen LogP contribution in [0.25, 0.3) is 76.5 Å². The average Bonchev–Trinajstić information content (AvgIpc) is 3.25. The predicted octanol–water partition coefficient (Wildman–Crippen LogP) is 13.6. The number of aryl methyl sites for hydroxylation is 1. The van der Waals surface area contributed by atoms with Crippen molar-refractivity contribution in [3.63, 3.8) is 0 Å². The van der Waals surface area contributed by atoms with Gasteiger partial charge in [-0.25, -0.2) is 0 Å². The van der Waals surface area contributed by atoms with Gasteiger partial charge < -0.3 is 0 Å². The van der Waals surface area contributed by atoms with Crippen molar-refractivity contribution in [2.24, 2.45) is 0 Å². The Morgan fingerprint density at radius 2 is 1.22 bits per heavy atom. The predicted molar refractivity (Wildman–Crippen MR) is 232 cm³/mol. The molecule has 0 aliphatic rings. The van der Waals surface area contributed by atoms with Crippen LogP contribution in [0, 0.1) is 0 Å². The Balaban J connectivity index is 0.000000235. The Hall–Kier alpha value is -6.97. The van der Waals surface area contributed by atoms with Gasteiger partial charge in [-0.05, 0) is 107 Å². The lowest BCUT2D eigenvalue weighted by Gasteiger charge is -2.17. The van der Waals surface area contributed by atoms with E-state index in [1.807, 2.05) is 67.4 Å². The maximum Gasteiger partial charge on any atom is 0.0400 e. The highest BCUT2D eigenvalue weighted by atomic mass is 14.7. The fraction of sp³-hybridized carbons (Fsp3) is 0.0392. The van der Waals surface area contributed by atoms with Gasteiger partial charge in [0.05, 0.1) is 0 Å². The number of nitrogens with zero attached hydrogens (tertiary/aromatic N) is 3. The van der Waals surface area contributed by atoms with E-state index in [1.54, 1.807) is 12.2 Å². The maximum atomic E-state index is 4.33. The summed E-state index contributed by atoms with van der Waals surface area (Å²) in [5.74, 6) is 0. The summed E-state index contributed by atoms with van der Waals surface area (Å²) in [6.07, 6.45) is 17.5. The van der Waals surface area contributed by atoms with E-state index in [0.717, 1.165) is 28.6 Å². The lowest BCUT2D eigenvalue weighted by Crippen LogP contribution is -1.90. The molecule has 3 heterocycles. The van der Waals surface area contributed by atoms with Gasteiger partial charge in [0.25, 0.3) is 0 Å². The molecule has 9 aromatic rings. The lowest BCUT2D eigenvalue weighted by molar-refractivity contribution is 1.04. The first-order valence-corrected chi connectivity index (χ1v) is 18.1. The summed E-state index contributed by atoms with van der Waals surface area (Å²) in [5.41, 5.74) is 9.35. The van der Waals surface area contributed by atoms with Crippen LogP contribution in [-0.4, -0.2) is 15.0 Å². The zero-order valence-corrected chi connectivity index (χ0v) is 30.5. The van der Waals surface area contributed by atoms with Gasteiger partial charge in [-0.1, -0.05) is 154 Å². The molecule has 0 aliphatic heterocycles. The molecule has 6 aromatic carbocycles. The molecule has 0 bridgehead atoms. The van der Waals surface area contributed by atoms with Gasteiger partial charge in [0.2, 0.25) is 0 Å². The smallest absolute Gasteiger partial charge is 0.0400 e. The van der Waals surface area contributed by atoms with Crippen molar-refractivity contribution in [3.8, 4) is 33.4 Å². The minimum atomic E-state index is 0.907. The Bertz CT molecular complexity index is 2720. The molecule has 0 aliphatic carbocycles. The molecule has 0 saturated heterocycles. The standard InChI is InChI=1S/C36H22N2.C8H10.C7H9N/c1-3-28-22-38-20-18-30(28)31(5-1)32-15-11-26-12-16-33-29(14-10-25-13-17-34(32)36(26)35(25)33)24-8-6-23(7-9-24)27-4-2-19-37-21-27;1-4-6-7-8(3)5-2;1-2-7-5-3-4-6-8-7/h1-22H;4-7H,1-3H2;3-6H,2H2,1H3/b;7-6-;. The van der Waals surface area contributed by atoms with Crippen molar-refractivity contribution in [3.05, 3.63) is 214 Å². The van der Waals surface area contributed by atoms with E-state index in [0.29, 0.717) is 0 Å². The molecule has 3 heteroatoms. The Kier molecular flexibility index (Phi) is 10.9. The first-order chi connectivity index (χ1) is 26.6. The largest absolute Gasteiger partial charge is 0.264 e. The van der Waals surface area contributed by atoms with E-state index in [1.165, 1.54) is 65.5 Å². The number of aromatic nitrogens is 3. The fourth-order valence-corrected chi connectivity index (χ4v) is 6.89. The summed E-state index contributed by atoms with van der Waals surface area (Å²) in [6.45, 7) is 12.8. The van der Waals surface area contributed by atoms with Gasteiger partial charge in [0, 0.05) is 42.1 Å². The minimum absolute atomic E-state index is 0.907. The Morgan fingerprint density at radius 3 is 1.87 bits per heavy atom. The first kappa shape index (κ1) is 35.4. The number of hydrogen-bond donors (Lipinski definition) is 0. The number of rotatable bonds is 7. The van der Waals surface area contributed by atoms with E-state index in [-0.39, 0.29) is 0 Å². The monoisotopic (exact) mass is 695 g/mol. The summed E-state index contributed by atoms with van der Waals surface area (Å²) in [4.78, 5) is 12.7. The molecule has 0 amide bonds. The molecule has 54 heavy (non-hydrogen) atoms. The first-order valence-electron chi connectivity index (χ1n) is 18.1. The molecule has 9 rings (SSSR count). The van der Waals surface area contributed by atoms with Crippen LogP contribution in [0.5, 0.6) is 0 Å². The van der Waals surface area contributed by atoms with Crippen LogP contribution < -0.4 is 0 Å². The Morgan fingerprint density at radius 1 is 0.537 bits per heavy atom. The van der Waals surface area contributed by atoms with Gasteiger partial charge in [-0.3, -0.25) is 15.0 Å². The SMILES string of the molecule is C=C/C=C\C(=C)C=C.CCc1ccccn1.c1cncc(-c2ccc(-c3ccc4ccc5c(-c6cccc7cnccc67)ccc6ccc3c4c65)cc2)c1. The molecule has 0 atom stereocenters. The molecule has 0 fully saturated rings. The molecule has 3 aromatic heterocycles. The van der Waals surface area contributed by atoms with E-state index in [9.17, 15) is 0 Å². The quantitative estimate of drug-likeness (QED) is 0.123. The van der Waals surface area contributed by atoms with Crippen LogP contribution in [0.2, 0.25) is 0 Å². The number of benzene rings is 6. The third-order valence-electron chi connectivity index (χ3n) is 9.62. The average molecular weight is 696 g/mol. The normalized spacial score (nSPS) is 10.9. The van der Waals surface area contributed by atoms with Crippen LogP contribution in [-0.2, 0) is 6.42 Å². The second-order valence-electron chi connectivity index (χ2n) is 12.9. The van der Waals surface area contributed by atoms with E-state index in [4.69, 9.17) is 0 Å². The van der Waals surface area contributed by atoms with Crippen LogP contribution in [0.1, 0.15) is 12.6 Å². The minimum Gasteiger partial charge on any atom is -0.264 e. The highest BCUT2D eigenvalue weighted by molar-refractivity contribution is 6.28. The summed E-state index contributed by atoms with van der Waals surface area (Å²) in [5, 5.41) is 10.2. The molecule has 0 saturated carbocycles. The number of fused-ring (bicyclic) bond motifs is 1. The van der Waals surface area contributed by atoms with E-state index in [2.05, 4.69) is 145 Å². The van der Waals surface area contributed by atoms with E-state index < -0.39 is 0 Å². The summed E-state index contributed by atoms with van der Waals surface area (Å²) < 4.78 is 0. The van der Waals surface area contributed by atoms with Crippen molar-refractivity contribution >= 4 is 43.1 Å². The van der Waals surface area contributed by atoms with Gasteiger partial charge in [-0.15, -0.1) is 0 Å². The molecule has 0 N–H and O–H groups in total. The topological polar surface area (TPSA) is 38.7 Å². The zero-order valence-electron chi connectivity index (χ0n) is 30.5. The summed E-state index contributed by atoms with van der Waals surface area (Å²) in [7, 11) is 0. The zero-order chi connectivity index (χ0) is 37.3.